The van der Waals surface area contributed by atoms with Crippen LogP contribution in [0, 0.1) is 35.4 Å². The predicted octanol–water partition coefficient (Wildman–Crippen LogP) is 7.45. The Balaban J connectivity index is 1.63. The lowest BCUT2D eigenvalue weighted by atomic mass is 9.77. The summed E-state index contributed by atoms with van der Waals surface area (Å²) in [5, 5.41) is 0. The molecule has 1 aliphatic rings. The lowest BCUT2D eigenvalue weighted by Crippen LogP contribution is -2.13. The van der Waals surface area contributed by atoms with Gasteiger partial charge in [-0.1, -0.05) is 62.9 Å². The van der Waals surface area contributed by atoms with Gasteiger partial charge in [-0.2, -0.15) is 0 Å². The first-order valence-electron chi connectivity index (χ1n) is 11.1. The third-order valence-corrected chi connectivity index (χ3v) is 5.91. The van der Waals surface area contributed by atoms with Crippen LogP contribution >= 0.6 is 0 Å². The summed E-state index contributed by atoms with van der Waals surface area (Å²) < 4.78 is 14.6. The van der Waals surface area contributed by atoms with E-state index in [2.05, 4.69) is 36.7 Å². The van der Waals surface area contributed by atoms with Crippen molar-refractivity contribution in [3.63, 3.8) is 0 Å². The number of hydrogen-bond donors (Lipinski definition) is 0. The average Bonchev–Trinajstić information content (AvgIpc) is 2.76. The summed E-state index contributed by atoms with van der Waals surface area (Å²) in [4.78, 5) is 0. The molecule has 0 amide bonds. The van der Waals surface area contributed by atoms with Crippen molar-refractivity contribution < 1.29 is 4.39 Å². The summed E-state index contributed by atoms with van der Waals surface area (Å²) in [7, 11) is 0. The SMILES string of the molecule is CCC#Cc1ccc(C#Cc2ccc(C3CCC(CCCC)CC3)cc2F)cc1. The first kappa shape index (κ1) is 21.2. The fraction of sp³-hybridized carbons (Fsp3) is 0.429. The minimum atomic E-state index is -0.200. The summed E-state index contributed by atoms with van der Waals surface area (Å²) in [5.41, 5.74) is 3.47. The van der Waals surface area contributed by atoms with E-state index >= 15 is 0 Å². The van der Waals surface area contributed by atoms with E-state index in [-0.39, 0.29) is 5.82 Å². The molecular formula is C28H31F. The molecule has 0 atom stereocenters. The standard InChI is InChI=1S/C28H31F/c1-3-5-7-22-9-11-24(12-10-22)15-18-26-19-20-27(21-28(26)29)25-16-13-23(14-17-25)8-6-4-2/h9-12,19-21,23,25H,3-4,6,8,13-14,16-17H2,1-2H3. The summed E-state index contributed by atoms with van der Waals surface area (Å²) in [6.07, 6.45) is 9.77. The van der Waals surface area contributed by atoms with Gasteiger partial charge < -0.3 is 0 Å². The van der Waals surface area contributed by atoms with Crippen LogP contribution < -0.4 is 0 Å². The molecule has 1 aliphatic carbocycles. The molecule has 3 rings (SSSR count). The van der Waals surface area contributed by atoms with Gasteiger partial charge in [-0.3, -0.25) is 0 Å². The highest BCUT2D eigenvalue weighted by Gasteiger charge is 2.22. The van der Waals surface area contributed by atoms with Crippen LogP contribution in [-0.4, -0.2) is 0 Å². The Labute approximate surface area is 175 Å². The zero-order valence-electron chi connectivity index (χ0n) is 17.7. The summed E-state index contributed by atoms with van der Waals surface area (Å²) in [5.74, 6) is 13.4. The molecule has 29 heavy (non-hydrogen) atoms. The zero-order chi connectivity index (χ0) is 20.5. The van der Waals surface area contributed by atoms with Crippen LogP contribution in [0.5, 0.6) is 0 Å². The van der Waals surface area contributed by atoms with Crippen molar-refractivity contribution in [1.29, 1.82) is 0 Å². The van der Waals surface area contributed by atoms with Crippen molar-refractivity contribution in [2.24, 2.45) is 5.92 Å². The Morgan fingerprint density at radius 3 is 2.17 bits per heavy atom. The van der Waals surface area contributed by atoms with Crippen LogP contribution in [-0.2, 0) is 0 Å². The first-order chi connectivity index (χ1) is 14.2. The van der Waals surface area contributed by atoms with E-state index < -0.39 is 0 Å². The number of benzene rings is 2. The number of hydrogen-bond acceptors (Lipinski definition) is 0. The van der Waals surface area contributed by atoms with Gasteiger partial charge >= 0.3 is 0 Å². The molecule has 0 radical (unpaired) electrons. The van der Waals surface area contributed by atoms with Crippen molar-refractivity contribution >= 4 is 0 Å². The second-order valence-corrected chi connectivity index (χ2v) is 8.08. The van der Waals surface area contributed by atoms with Gasteiger partial charge in [-0.15, -0.1) is 0 Å². The summed E-state index contributed by atoms with van der Waals surface area (Å²) >= 11 is 0. The van der Waals surface area contributed by atoms with Gasteiger partial charge in [0.05, 0.1) is 5.56 Å². The molecule has 1 heteroatoms. The Morgan fingerprint density at radius 1 is 0.862 bits per heavy atom. The minimum Gasteiger partial charge on any atom is -0.206 e. The van der Waals surface area contributed by atoms with E-state index in [1.807, 2.05) is 37.3 Å². The third-order valence-electron chi connectivity index (χ3n) is 5.91. The third kappa shape index (κ3) is 6.24. The second-order valence-electron chi connectivity index (χ2n) is 8.08. The molecular weight excluding hydrogens is 355 g/mol. The maximum absolute atomic E-state index is 14.6. The van der Waals surface area contributed by atoms with Gasteiger partial charge in [0.25, 0.3) is 0 Å². The number of rotatable bonds is 4. The molecule has 1 saturated carbocycles. The monoisotopic (exact) mass is 386 g/mol. The lowest BCUT2D eigenvalue weighted by Gasteiger charge is -2.28. The van der Waals surface area contributed by atoms with Gasteiger partial charge in [0.1, 0.15) is 5.82 Å². The normalized spacial score (nSPS) is 18.3. The topological polar surface area (TPSA) is 0 Å². The van der Waals surface area contributed by atoms with Crippen molar-refractivity contribution in [3.8, 4) is 23.7 Å². The van der Waals surface area contributed by atoms with Crippen molar-refractivity contribution in [3.05, 3.63) is 70.5 Å². The van der Waals surface area contributed by atoms with Gasteiger partial charge in [-0.05, 0) is 79.5 Å². The number of unbranched alkanes of at least 4 members (excludes halogenated alkanes) is 1. The summed E-state index contributed by atoms with van der Waals surface area (Å²) in [6.45, 7) is 4.29. The molecule has 1 fully saturated rings. The zero-order valence-corrected chi connectivity index (χ0v) is 17.7. The van der Waals surface area contributed by atoms with Gasteiger partial charge in [0, 0.05) is 17.5 Å². The van der Waals surface area contributed by atoms with Gasteiger partial charge in [0.15, 0.2) is 0 Å². The Kier molecular flexibility index (Phi) is 7.95. The molecule has 0 N–H and O–H groups in total. The van der Waals surface area contributed by atoms with E-state index in [1.54, 1.807) is 6.07 Å². The predicted molar refractivity (Wildman–Crippen MR) is 120 cm³/mol. The molecule has 150 valence electrons. The second kappa shape index (κ2) is 10.9. The fourth-order valence-corrected chi connectivity index (χ4v) is 4.13. The van der Waals surface area contributed by atoms with Crippen LogP contribution in [0.3, 0.4) is 0 Å². The fourth-order valence-electron chi connectivity index (χ4n) is 4.13. The average molecular weight is 387 g/mol. The maximum Gasteiger partial charge on any atom is 0.139 e. The molecule has 0 spiro atoms. The summed E-state index contributed by atoms with van der Waals surface area (Å²) in [6, 6.07) is 13.4. The van der Waals surface area contributed by atoms with Crippen molar-refractivity contribution in [1.82, 2.24) is 0 Å². The molecule has 0 saturated heterocycles. The largest absolute Gasteiger partial charge is 0.206 e. The molecule has 0 nitrogen and oxygen atoms in total. The van der Waals surface area contributed by atoms with Crippen LogP contribution in [0.4, 0.5) is 4.39 Å². The number of halogens is 1. The van der Waals surface area contributed by atoms with E-state index in [0.717, 1.165) is 29.0 Å². The lowest BCUT2D eigenvalue weighted by molar-refractivity contribution is 0.304. The van der Waals surface area contributed by atoms with E-state index in [1.165, 1.54) is 44.9 Å². The van der Waals surface area contributed by atoms with Gasteiger partial charge in [-0.25, -0.2) is 4.39 Å². The molecule has 2 aromatic carbocycles. The molecule has 0 unspecified atom stereocenters. The van der Waals surface area contributed by atoms with E-state index in [0.29, 0.717) is 11.5 Å². The molecule has 0 aliphatic heterocycles. The highest BCUT2D eigenvalue weighted by Crippen LogP contribution is 2.38. The molecule has 0 heterocycles. The van der Waals surface area contributed by atoms with Crippen LogP contribution in [0.15, 0.2) is 42.5 Å². The maximum atomic E-state index is 14.6. The Morgan fingerprint density at radius 2 is 1.55 bits per heavy atom. The van der Waals surface area contributed by atoms with Crippen LogP contribution in [0.1, 0.15) is 93.4 Å². The Bertz CT molecular complexity index is 907. The highest BCUT2D eigenvalue weighted by atomic mass is 19.1. The smallest absolute Gasteiger partial charge is 0.139 e. The quantitative estimate of drug-likeness (QED) is 0.479. The van der Waals surface area contributed by atoms with Crippen LogP contribution in [0.25, 0.3) is 0 Å². The highest BCUT2D eigenvalue weighted by molar-refractivity contribution is 5.46. The van der Waals surface area contributed by atoms with Crippen molar-refractivity contribution in [2.75, 3.05) is 0 Å². The minimum absolute atomic E-state index is 0.200. The Hall–Kier alpha value is -2.51. The molecule has 0 aromatic heterocycles. The first-order valence-corrected chi connectivity index (χ1v) is 11.1. The van der Waals surface area contributed by atoms with Crippen LogP contribution in [0.2, 0.25) is 0 Å². The van der Waals surface area contributed by atoms with Crippen molar-refractivity contribution in [2.45, 2.75) is 71.1 Å². The van der Waals surface area contributed by atoms with E-state index in [9.17, 15) is 4.39 Å². The van der Waals surface area contributed by atoms with E-state index in [4.69, 9.17) is 0 Å². The van der Waals surface area contributed by atoms with Gasteiger partial charge in [0.2, 0.25) is 0 Å². The molecule has 2 aromatic rings. The molecule has 0 bridgehead atoms.